The smallest absolute Gasteiger partial charge is 0.193 e. The second kappa shape index (κ2) is 8.06. The Morgan fingerprint density at radius 2 is 1.91 bits per heavy atom. The van der Waals surface area contributed by atoms with Crippen LogP contribution in [0.4, 0.5) is 5.69 Å². The molecule has 0 unspecified atom stereocenters. The highest BCUT2D eigenvalue weighted by Gasteiger charge is 2.43. The average Bonchev–Trinajstić information content (AvgIpc) is 3.26. The lowest BCUT2D eigenvalue weighted by atomic mass is 10.2. The monoisotopic (exact) mass is 439 g/mol. The molecule has 1 saturated carbocycles. The molecule has 23 heavy (non-hydrogen) atoms. The normalized spacial score (nSPS) is 15.6. The van der Waals surface area contributed by atoms with Gasteiger partial charge in [-0.15, -0.1) is 35.7 Å². The summed E-state index contributed by atoms with van der Waals surface area (Å²) >= 11 is 1.92. The molecule has 0 atom stereocenters. The van der Waals surface area contributed by atoms with Crippen LogP contribution in [0, 0.1) is 6.92 Å². The van der Waals surface area contributed by atoms with E-state index in [1.54, 1.807) is 0 Å². The van der Waals surface area contributed by atoms with E-state index in [9.17, 15) is 0 Å². The molecular formula is C18H22IN3S. The fraction of sp³-hybridized carbons (Fsp3) is 0.278. The van der Waals surface area contributed by atoms with Crippen molar-refractivity contribution in [2.45, 2.75) is 29.4 Å². The van der Waals surface area contributed by atoms with Crippen LogP contribution >= 0.6 is 35.7 Å². The first kappa shape index (κ1) is 18.1. The minimum absolute atomic E-state index is 0. The Hall–Kier alpha value is -1.21. The number of rotatable bonds is 5. The van der Waals surface area contributed by atoms with Crippen molar-refractivity contribution in [1.82, 2.24) is 0 Å². The zero-order valence-electron chi connectivity index (χ0n) is 13.2. The van der Waals surface area contributed by atoms with Crippen LogP contribution in [0.2, 0.25) is 0 Å². The van der Waals surface area contributed by atoms with Crippen molar-refractivity contribution in [2.75, 3.05) is 11.9 Å². The molecule has 0 aromatic heterocycles. The minimum atomic E-state index is 0. The average molecular weight is 439 g/mol. The Morgan fingerprint density at radius 3 is 2.57 bits per heavy atom. The van der Waals surface area contributed by atoms with Crippen LogP contribution in [0.5, 0.6) is 0 Å². The van der Waals surface area contributed by atoms with Crippen molar-refractivity contribution in [3.8, 4) is 0 Å². The summed E-state index contributed by atoms with van der Waals surface area (Å²) in [6.45, 7) is 2.82. The van der Waals surface area contributed by atoms with Crippen LogP contribution in [0.25, 0.3) is 0 Å². The van der Waals surface area contributed by atoms with Gasteiger partial charge in [0.15, 0.2) is 5.96 Å². The SMILES string of the molecule is Cc1cccc(NC(N)=NCC2(Sc3ccccc3)CC2)c1.I. The molecule has 1 fully saturated rings. The molecule has 2 aromatic carbocycles. The van der Waals surface area contributed by atoms with Gasteiger partial charge >= 0.3 is 0 Å². The third-order valence-electron chi connectivity index (χ3n) is 3.71. The van der Waals surface area contributed by atoms with Gasteiger partial charge in [0.25, 0.3) is 0 Å². The Balaban J connectivity index is 0.00000192. The summed E-state index contributed by atoms with van der Waals surface area (Å²) in [7, 11) is 0. The number of aliphatic imine (C=N–C) groups is 1. The fourth-order valence-corrected chi connectivity index (χ4v) is 3.54. The van der Waals surface area contributed by atoms with E-state index in [0.29, 0.717) is 5.96 Å². The second-order valence-corrected chi connectivity index (χ2v) is 7.34. The number of hydrogen-bond acceptors (Lipinski definition) is 2. The lowest BCUT2D eigenvalue weighted by molar-refractivity contribution is 0.897. The zero-order valence-corrected chi connectivity index (χ0v) is 16.3. The molecule has 0 aliphatic heterocycles. The molecule has 0 spiro atoms. The van der Waals surface area contributed by atoms with Crippen LogP contribution in [0.1, 0.15) is 18.4 Å². The van der Waals surface area contributed by atoms with Gasteiger partial charge in [0.05, 0.1) is 6.54 Å². The standard InChI is InChI=1S/C18H21N3S.HI/c1-14-6-5-7-15(12-14)21-17(19)20-13-18(10-11-18)22-16-8-3-2-4-9-16;/h2-9,12H,10-11,13H2,1H3,(H3,19,20,21);1H. The highest BCUT2D eigenvalue weighted by atomic mass is 127. The van der Waals surface area contributed by atoms with Crippen molar-refractivity contribution in [3.63, 3.8) is 0 Å². The van der Waals surface area contributed by atoms with Crippen LogP contribution in [0.15, 0.2) is 64.5 Å². The van der Waals surface area contributed by atoms with Gasteiger partial charge in [0.2, 0.25) is 0 Å². The Kier molecular flexibility index (Phi) is 6.35. The number of halogens is 1. The van der Waals surface area contributed by atoms with Crippen molar-refractivity contribution >= 4 is 47.4 Å². The van der Waals surface area contributed by atoms with Gasteiger partial charge in [0.1, 0.15) is 0 Å². The number of nitrogens with zero attached hydrogens (tertiary/aromatic N) is 1. The quantitative estimate of drug-likeness (QED) is 0.405. The largest absolute Gasteiger partial charge is 0.370 e. The van der Waals surface area contributed by atoms with E-state index in [-0.39, 0.29) is 28.7 Å². The number of nitrogens with one attached hydrogen (secondary N) is 1. The predicted octanol–water partition coefficient (Wildman–Crippen LogP) is 4.66. The number of nitrogens with two attached hydrogens (primary N) is 1. The van der Waals surface area contributed by atoms with Crippen LogP contribution < -0.4 is 11.1 Å². The molecule has 5 heteroatoms. The van der Waals surface area contributed by atoms with Crippen LogP contribution in [-0.2, 0) is 0 Å². The Morgan fingerprint density at radius 1 is 1.17 bits per heavy atom. The first-order chi connectivity index (χ1) is 10.7. The van der Waals surface area contributed by atoms with Crippen molar-refractivity contribution in [3.05, 3.63) is 60.2 Å². The van der Waals surface area contributed by atoms with Gasteiger partial charge < -0.3 is 11.1 Å². The van der Waals surface area contributed by atoms with E-state index >= 15 is 0 Å². The molecule has 0 heterocycles. The number of benzene rings is 2. The number of thioether (sulfide) groups is 1. The number of hydrogen-bond donors (Lipinski definition) is 2. The summed E-state index contributed by atoms with van der Waals surface area (Å²) < 4.78 is 0.236. The van der Waals surface area contributed by atoms with Gasteiger partial charge in [-0.1, -0.05) is 30.3 Å². The molecule has 3 nitrogen and oxygen atoms in total. The predicted molar refractivity (Wildman–Crippen MR) is 111 cm³/mol. The van der Waals surface area contributed by atoms with Crippen molar-refractivity contribution in [1.29, 1.82) is 0 Å². The summed E-state index contributed by atoms with van der Waals surface area (Å²) in [6, 6.07) is 18.7. The molecular weight excluding hydrogens is 417 g/mol. The maximum atomic E-state index is 6.01. The van der Waals surface area contributed by atoms with E-state index in [2.05, 4.69) is 53.6 Å². The lowest BCUT2D eigenvalue weighted by Crippen LogP contribution is -2.24. The molecule has 3 N–H and O–H groups in total. The van der Waals surface area contributed by atoms with E-state index in [0.717, 1.165) is 12.2 Å². The molecule has 3 rings (SSSR count). The van der Waals surface area contributed by atoms with Gasteiger partial charge in [-0.3, -0.25) is 4.99 Å². The molecule has 0 saturated heterocycles. The topological polar surface area (TPSA) is 50.4 Å². The molecule has 0 radical (unpaired) electrons. The molecule has 122 valence electrons. The Bertz CT molecular complexity index is 669. The summed E-state index contributed by atoms with van der Waals surface area (Å²) in [4.78, 5) is 5.85. The third kappa shape index (κ3) is 5.42. The third-order valence-corrected chi connectivity index (χ3v) is 5.19. The first-order valence-corrected chi connectivity index (χ1v) is 8.35. The number of guanidine groups is 1. The van der Waals surface area contributed by atoms with Gasteiger partial charge in [0, 0.05) is 15.3 Å². The van der Waals surface area contributed by atoms with E-state index in [1.807, 2.05) is 30.0 Å². The van der Waals surface area contributed by atoms with Crippen LogP contribution in [0.3, 0.4) is 0 Å². The maximum Gasteiger partial charge on any atom is 0.193 e. The van der Waals surface area contributed by atoms with Gasteiger partial charge in [-0.05, 0) is 49.6 Å². The van der Waals surface area contributed by atoms with Crippen LogP contribution in [-0.4, -0.2) is 17.3 Å². The maximum absolute atomic E-state index is 6.01. The summed E-state index contributed by atoms with van der Waals surface area (Å²) in [6.07, 6.45) is 2.40. The van der Waals surface area contributed by atoms with Crippen molar-refractivity contribution < 1.29 is 0 Å². The highest BCUT2D eigenvalue weighted by Crippen LogP contribution is 2.51. The van der Waals surface area contributed by atoms with E-state index in [1.165, 1.54) is 23.3 Å². The molecule has 1 aliphatic rings. The molecule has 0 amide bonds. The fourth-order valence-electron chi connectivity index (χ4n) is 2.31. The lowest BCUT2D eigenvalue weighted by Gasteiger charge is -2.13. The van der Waals surface area contributed by atoms with Gasteiger partial charge in [-0.2, -0.15) is 0 Å². The molecule has 2 aromatic rings. The number of anilines is 1. The summed E-state index contributed by atoms with van der Waals surface area (Å²) in [5.41, 5.74) is 8.21. The number of aryl methyl sites for hydroxylation is 1. The van der Waals surface area contributed by atoms with E-state index < -0.39 is 0 Å². The Labute approximate surface area is 159 Å². The highest BCUT2D eigenvalue weighted by molar-refractivity contribution is 14.0. The summed E-state index contributed by atoms with van der Waals surface area (Å²) in [5.74, 6) is 0.491. The first-order valence-electron chi connectivity index (χ1n) is 7.53. The van der Waals surface area contributed by atoms with Crippen molar-refractivity contribution in [2.24, 2.45) is 10.7 Å². The molecule has 0 bridgehead atoms. The minimum Gasteiger partial charge on any atom is -0.370 e. The zero-order chi connectivity index (χ0) is 15.4. The second-order valence-electron chi connectivity index (χ2n) is 5.79. The summed E-state index contributed by atoms with van der Waals surface area (Å²) in [5, 5.41) is 3.17. The molecule has 1 aliphatic carbocycles. The van der Waals surface area contributed by atoms with E-state index in [4.69, 9.17) is 5.73 Å². The van der Waals surface area contributed by atoms with Gasteiger partial charge in [-0.25, -0.2) is 0 Å².